The molecule has 170 valence electrons. The Kier molecular flexibility index (Phi) is 7.05. The van der Waals surface area contributed by atoms with Gasteiger partial charge in [0.25, 0.3) is 5.91 Å². The molecule has 0 spiro atoms. The number of rotatable bonds is 7. The lowest BCUT2D eigenvalue weighted by Crippen LogP contribution is -2.36. The standard InChI is InChI=1S/C27H28N2O4/c1-19(30)20-11-13-21(14-12-20)27(31)28-15-16-29-17-22-7-3-5-9-24(22)33-26(18-29)23-8-4-6-10-25(23)32-2/h3-14,26H,15-18H2,1-2H3,(H,28,31)/t26-/m1/s1. The van der Waals surface area contributed by atoms with E-state index in [9.17, 15) is 9.59 Å². The van der Waals surface area contributed by atoms with E-state index in [4.69, 9.17) is 9.47 Å². The minimum atomic E-state index is -0.195. The first-order valence-electron chi connectivity index (χ1n) is 11.0. The number of benzene rings is 3. The van der Waals surface area contributed by atoms with E-state index in [2.05, 4.69) is 16.3 Å². The van der Waals surface area contributed by atoms with E-state index in [0.717, 1.165) is 29.2 Å². The number of methoxy groups -OCH3 is 1. The van der Waals surface area contributed by atoms with Crippen LogP contribution in [0.3, 0.4) is 0 Å². The van der Waals surface area contributed by atoms with Gasteiger partial charge in [0.05, 0.1) is 7.11 Å². The first-order chi connectivity index (χ1) is 16.0. The minimum absolute atomic E-state index is 0.0183. The summed E-state index contributed by atoms with van der Waals surface area (Å²) in [7, 11) is 1.67. The Balaban J connectivity index is 1.45. The molecule has 3 aromatic rings. The topological polar surface area (TPSA) is 67.9 Å². The summed E-state index contributed by atoms with van der Waals surface area (Å²) in [5, 5.41) is 2.99. The fraction of sp³-hybridized carbons (Fsp3) is 0.259. The van der Waals surface area contributed by atoms with Crippen molar-refractivity contribution < 1.29 is 19.1 Å². The van der Waals surface area contributed by atoms with Crippen molar-refractivity contribution in [1.82, 2.24) is 10.2 Å². The Morgan fingerprint density at radius 2 is 1.70 bits per heavy atom. The van der Waals surface area contributed by atoms with E-state index >= 15 is 0 Å². The number of ketones is 1. The Morgan fingerprint density at radius 3 is 2.45 bits per heavy atom. The number of hydrogen-bond donors (Lipinski definition) is 1. The third-order valence-electron chi connectivity index (χ3n) is 5.81. The fourth-order valence-corrected chi connectivity index (χ4v) is 4.03. The zero-order valence-electron chi connectivity index (χ0n) is 18.9. The van der Waals surface area contributed by atoms with Crippen molar-refractivity contribution in [2.45, 2.75) is 19.6 Å². The normalized spacial score (nSPS) is 15.6. The number of nitrogens with one attached hydrogen (secondary N) is 1. The first kappa shape index (κ1) is 22.6. The predicted molar refractivity (Wildman–Crippen MR) is 127 cm³/mol. The van der Waals surface area contributed by atoms with Gasteiger partial charge in [-0.25, -0.2) is 0 Å². The smallest absolute Gasteiger partial charge is 0.251 e. The zero-order valence-corrected chi connectivity index (χ0v) is 18.9. The summed E-state index contributed by atoms with van der Waals surface area (Å²) in [6.07, 6.45) is -0.195. The van der Waals surface area contributed by atoms with Gasteiger partial charge in [-0.3, -0.25) is 14.5 Å². The molecule has 33 heavy (non-hydrogen) atoms. The van der Waals surface area contributed by atoms with Crippen LogP contribution in [0.1, 0.15) is 44.9 Å². The molecule has 1 amide bonds. The van der Waals surface area contributed by atoms with Gasteiger partial charge >= 0.3 is 0 Å². The molecule has 1 N–H and O–H groups in total. The van der Waals surface area contributed by atoms with Crippen molar-refractivity contribution >= 4 is 11.7 Å². The summed E-state index contributed by atoms with van der Waals surface area (Å²) in [5.41, 5.74) is 3.24. The number of ether oxygens (including phenoxy) is 2. The second-order valence-electron chi connectivity index (χ2n) is 8.08. The molecule has 1 heterocycles. The number of nitrogens with zero attached hydrogens (tertiary/aromatic N) is 1. The Labute approximate surface area is 194 Å². The molecule has 6 nitrogen and oxygen atoms in total. The number of fused-ring (bicyclic) bond motifs is 1. The van der Waals surface area contributed by atoms with Gasteiger partial charge in [-0.15, -0.1) is 0 Å². The third kappa shape index (κ3) is 5.41. The van der Waals surface area contributed by atoms with Gasteiger partial charge in [0.1, 0.15) is 17.6 Å². The van der Waals surface area contributed by atoms with E-state index in [-0.39, 0.29) is 17.8 Å². The maximum Gasteiger partial charge on any atom is 0.251 e. The summed E-state index contributed by atoms with van der Waals surface area (Å²) in [6, 6.07) is 22.7. The number of carbonyl (C=O) groups is 2. The monoisotopic (exact) mass is 444 g/mol. The summed E-state index contributed by atoms with van der Waals surface area (Å²) < 4.78 is 12.0. The molecule has 3 aromatic carbocycles. The lowest BCUT2D eigenvalue weighted by Gasteiger charge is -2.25. The Morgan fingerprint density at radius 1 is 1.00 bits per heavy atom. The highest BCUT2D eigenvalue weighted by molar-refractivity contribution is 5.97. The van der Waals surface area contributed by atoms with Gasteiger partial charge in [-0.05, 0) is 31.2 Å². The maximum atomic E-state index is 12.5. The number of hydrogen-bond acceptors (Lipinski definition) is 5. The van der Waals surface area contributed by atoms with Crippen LogP contribution in [0.2, 0.25) is 0 Å². The molecule has 0 fully saturated rings. The SMILES string of the molecule is COc1ccccc1[C@H]1CN(CCNC(=O)c2ccc(C(C)=O)cc2)Cc2ccccc2O1. The number of Topliss-reactive ketones (excluding diaryl/α,β-unsaturated/α-hetero) is 1. The molecule has 0 radical (unpaired) electrons. The van der Waals surface area contributed by atoms with Crippen LogP contribution >= 0.6 is 0 Å². The highest BCUT2D eigenvalue weighted by Gasteiger charge is 2.26. The molecule has 0 unspecified atom stereocenters. The van der Waals surface area contributed by atoms with Crippen LogP contribution < -0.4 is 14.8 Å². The molecule has 1 aliphatic rings. The minimum Gasteiger partial charge on any atom is -0.496 e. The quantitative estimate of drug-likeness (QED) is 0.552. The van der Waals surface area contributed by atoms with E-state index in [1.807, 2.05) is 42.5 Å². The molecule has 1 atom stereocenters. The summed E-state index contributed by atoms with van der Waals surface area (Å²) in [4.78, 5) is 26.3. The molecule has 0 saturated carbocycles. The second kappa shape index (κ2) is 10.3. The maximum absolute atomic E-state index is 12.5. The number of carbonyl (C=O) groups excluding carboxylic acids is 2. The van der Waals surface area contributed by atoms with E-state index in [1.54, 1.807) is 31.4 Å². The van der Waals surface area contributed by atoms with Gasteiger partial charge in [-0.2, -0.15) is 0 Å². The largest absolute Gasteiger partial charge is 0.496 e. The van der Waals surface area contributed by atoms with Crippen molar-refractivity contribution in [3.8, 4) is 11.5 Å². The van der Waals surface area contributed by atoms with Crippen molar-refractivity contribution in [2.75, 3.05) is 26.7 Å². The van der Waals surface area contributed by atoms with Gasteiger partial charge < -0.3 is 14.8 Å². The van der Waals surface area contributed by atoms with Crippen LogP contribution in [0.15, 0.2) is 72.8 Å². The highest BCUT2D eigenvalue weighted by Crippen LogP contribution is 2.34. The highest BCUT2D eigenvalue weighted by atomic mass is 16.5. The molecule has 0 aliphatic carbocycles. The van der Waals surface area contributed by atoms with Crippen LogP contribution in [0, 0.1) is 0 Å². The lowest BCUT2D eigenvalue weighted by atomic mass is 10.1. The lowest BCUT2D eigenvalue weighted by molar-refractivity contribution is 0.0941. The van der Waals surface area contributed by atoms with Crippen molar-refractivity contribution in [3.63, 3.8) is 0 Å². The van der Waals surface area contributed by atoms with Gasteiger partial charge in [0, 0.05) is 48.4 Å². The molecule has 1 aliphatic heterocycles. The molecule has 0 saturated heterocycles. The second-order valence-corrected chi connectivity index (χ2v) is 8.08. The number of para-hydroxylation sites is 2. The molecule has 0 bridgehead atoms. The average Bonchev–Trinajstić information content (AvgIpc) is 3.03. The molecule has 6 heteroatoms. The summed E-state index contributed by atoms with van der Waals surface area (Å²) in [6.45, 7) is 4.06. The predicted octanol–water partition coefficient (Wildman–Crippen LogP) is 4.26. The van der Waals surface area contributed by atoms with Crippen LogP contribution in [-0.2, 0) is 6.54 Å². The zero-order chi connectivity index (χ0) is 23.2. The van der Waals surface area contributed by atoms with Crippen LogP contribution in [0.5, 0.6) is 11.5 Å². The summed E-state index contributed by atoms with van der Waals surface area (Å²) in [5.74, 6) is 1.49. The average molecular weight is 445 g/mol. The van der Waals surface area contributed by atoms with E-state index in [1.165, 1.54) is 6.92 Å². The third-order valence-corrected chi connectivity index (χ3v) is 5.81. The Hall–Kier alpha value is -3.64. The first-order valence-corrected chi connectivity index (χ1v) is 11.0. The van der Waals surface area contributed by atoms with Crippen LogP contribution in [0.25, 0.3) is 0 Å². The van der Waals surface area contributed by atoms with E-state index in [0.29, 0.717) is 30.8 Å². The number of amides is 1. The van der Waals surface area contributed by atoms with Gasteiger partial charge in [0.15, 0.2) is 5.78 Å². The summed E-state index contributed by atoms with van der Waals surface area (Å²) >= 11 is 0. The van der Waals surface area contributed by atoms with Crippen LogP contribution in [-0.4, -0.2) is 43.3 Å². The molecule has 4 rings (SSSR count). The fourth-order valence-electron chi connectivity index (χ4n) is 4.03. The molecule has 0 aromatic heterocycles. The van der Waals surface area contributed by atoms with Gasteiger partial charge in [-0.1, -0.05) is 48.5 Å². The molecular formula is C27H28N2O4. The van der Waals surface area contributed by atoms with Crippen molar-refractivity contribution in [2.24, 2.45) is 0 Å². The molecular weight excluding hydrogens is 416 g/mol. The van der Waals surface area contributed by atoms with Gasteiger partial charge in [0.2, 0.25) is 0 Å². The van der Waals surface area contributed by atoms with Crippen LogP contribution in [0.4, 0.5) is 0 Å². The van der Waals surface area contributed by atoms with E-state index < -0.39 is 0 Å². The van der Waals surface area contributed by atoms with Crippen molar-refractivity contribution in [3.05, 3.63) is 95.1 Å². The Bertz CT molecular complexity index is 1130. The van der Waals surface area contributed by atoms with Crippen molar-refractivity contribution in [1.29, 1.82) is 0 Å².